The molecule has 0 atom stereocenters. The highest BCUT2D eigenvalue weighted by Gasteiger charge is 2.15. The van der Waals surface area contributed by atoms with Crippen molar-refractivity contribution < 1.29 is 23.8 Å². The van der Waals surface area contributed by atoms with Crippen LogP contribution in [0.15, 0.2) is 47.1 Å². The molecule has 0 saturated carbocycles. The van der Waals surface area contributed by atoms with Gasteiger partial charge in [-0.1, -0.05) is 6.07 Å². The molecule has 1 aliphatic rings. The molecule has 3 aromatic rings. The zero-order valence-electron chi connectivity index (χ0n) is 14.7. The topological polar surface area (TPSA) is 88.8 Å². The third-order valence-corrected chi connectivity index (χ3v) is 4.72. The first-order valence-electron chi connectivity index (χ1n) is 8.85. The van der Waals surface area contributed by atoms with Gasteiger partial charge < -0.3 is 19.6 Å². The van der Waals surface area contributed by atoms with Gasteiger partial charge in [0.25, 0.3) is 5.91 Å². The predicted octanol–water partition coefficient (Wildman–Crippen LogP) is 3.35. The Morgan fingerprint density at radius 3 is 2.85 bits per heavy atom. The molecule has 1 aromatic heterocycles. The number of esters is 1. The fourth-order valence-corrected chi connectivity index (χ4v) is 3.41. The van der Waals surface area contributed by atoms with Crippen molar-refractivity contribution in [1.29, 1.82) is 0 Å². The quantitative estimate of drug-likeness (QED) is 0.677. The fraction of sp³-hybridized carbons (Fsp3) is 0.238. The van der Waals surface area contributed by atoms with Crippen LogP contribution in [0.25, 0.3) is 11.0 Å². The molecule has 4 rings (SSSR count). The summed E-state index contributed by atoms with van der Waals surface area (Å²) in [6.07, 6.45) is 4.71. The summed E-state index contributed by atoms with van der Waals surface area (Å²) < 4.78 is 10.4. The van der Waals surface area contributed by atoms with Crippen LogP contribution < -0.4 is 5.32 Å². The van der Waals surface area contributed by atoms with Crippen molar-refractivity contribution >= 4 is 28.5 Å². The van der Waals surface area contributed by atoms with Crippen molar-refractivity contribution in [3.05, 3.63) is 59.4 Å². The lowest BCUT2D eigenvalue weighted by Gasteiger charge is -2.08. The van der Waals surface area contributed by atoms with Crippen LogP contribution >= 0.6 is 0 Å². The van der Waals surface area contributed by atoms with Crippen molar-refractivity contribution in [1.82, 2.24) is 0 Å². The van der Waals surface area contributed by atoms with E-state index >= 15 is 0 Å². The summed E-state index contributed by atoms with van der Waals surface area (Å²) in [6.45, 7) is -0.341. The Balaban J connectivity index is 1.31. The van der Waals surface area contributed by atoms with Crippen molar-refractivity contribution in [3.63, 3.8) is 0 Å². The van der Waals surface area contributed by atoms with Gasteiger partial charge in [0.1, 0.15) is 11.3 Å². The van der Waals surface area contributed by atoms with E-state index in [2.05, 4.69) is 5.32 Å². The number of benzene rings is 2. The van der Waals surface area contributed by atoms with Gasteiger partial charge in [-0.05, 0) is 54.7 Å². The molecule has 2 N–H and O–H groups in total. The zero-order chi connectivity index (χ0) is 18.8. The first-order valence-corrected chi connectivity index (χ1v) is 8.85. The first kappa shape index (κ1) is 17.1. The molecule has 0 saturated heterocycles. The molecule has 27 heavy (non-hydrogen) atoms. The lowest BCUT2D eigenvalue weighted by molar-refractivity contribution is -0.146. The van der Waals surface area contributed by atoms with E-state index in [0.29, 0.717) is 11.1 Å². The Morgan fingerprint density at radius 2 is 1.96 bits per heavy atom. The van der Waals surface area contributed by atoms with Gasteiger partial charge in [0, 0.05) is 22.7 Å². The van der Waals surface area contributed by atoms with Gasteiger partial charge in [-0.15, -0.1) is 0 Å². The van der Waals surface area contributed by atoms with Gasteiger partial charge in [0.15, 0.2) is 6.61 Å². The van der Waals surface area contributed by atoms with Crippen molar-refractivity contribution in [2.24, 2.45) is 0 Å². The van der Waals surface area contributed by atoms with E-state index in [1.165, 1.54) is 29.5 Å². The Bertz CT molecular complexity index is 1020. The molecule has 6 nitrogen and oxygen atoms in total. The summed E-state index contributed by atoms with van der Waals surface area (Å²) in [5.74, 6) is -0.799. The maximum atomic E-state index is 12.0. The summed E-state index contributed by atoms with van der Waals surface area (Å²) in [4.78, 5) is 24.1. The minimum Gasteiger partial charge on any atom is -0.508 e. The second-order valence-corrected chi connectivity index (χ2v) is 6.66. The fourth-order valence-electron chi connectivity index (χ4n) is 3.41. The standard InChI is InChI=1S/C21H19NO5/c23-17-6-7-18-15(11-26-19(18)10-17)9-21(25)27-12-20(24)22-16-5-4-13-2-1-3-14(13)8-16/h4-8,10-11,23H,1-3,9,12H2,(H,22,24). The number of carbonyl (C=O) groups is 2. The normalized spacial score (nSPS) is 12.7. The smallest absolute Gasteiger partial charge is 0.310 e. The molecule has 1 amide bonds. The Kier molecular flexibility index (Phi) is 4.54. The van der Waals surface area contributed by atoms with Gasteiger partial charge in [-0.2, -0.15) is 0 Å². The number of phenolic OH excluding ortho intramolecular Hbond substituents is 1. The summed E-state index contributed by atoms with van der Waals surface area (Å²) in [7, 11) is 0. The average Bonchev–Trinajstić information content (AvgIpc) is 3.26. The molecule has 0 spiro atoms. The number of rotatable bonds is 5. The first-order chi connectivity index (χ1) is 13.1. The molecule has 0 aliphatic heterocycles. The SMILES string of the molecule is O=C(COC(=O)Cc1coc2cc(O)ccc12)Nc1ccc2c(c1)CCC2. The summed E-state index contributed by atoms with van der Waals surface area (Å²) in [5.41, 5.74) is 4.46. The van der Waals surface area contributed by atoms with Gasteiger partial charge in [0.05, 0.1) is 12.7 Å². The number of nitrogens with one attached hydrogen (secondary N) is 1. The predicted molar refractivity (Wildman–Crippen MR) is 99.6 cm³/mol. The minimum absolute atomic E-state index is 0.0100. The number of ether oxygens (including phenoxy) is 1. The Hall–Kier alpha value is -3.28. The largest absolute Gasteiger partial charge is 0.508 e. The number of hydrogen-bond donors (Lipinski definition) is 2. The highest BCUT2D eigenvalue weighted by atomic mass is 16.5. The zero-order valence-corrected chi connectivity index (χ0v) is 14.7. The van der Waals surface area contributed by atoms with E-state index < -0.39 is 5.97 Å². The molecule has 0 fully saturated rings. The van der Waals surface area contributed by atoms with Gasteiger partial charge >= 0.3 is 5.97 Å². The minimum atomic E-state index is -0.519. The van der Waals surface area contributed by atoms with Gasteiger partial charge in [-0.3, -0.25) is 9.59 Å². The van der Waals surface area contributed by atoms with E-state index in [9.17, 15) is 14.7 Å². The molecular weight excluding hydrogens is 346 g/mol. The number of aromatic hydroxyl groups is 1. The van der Waals surface area contributed by atoms with E-state index in [1.807, 2.05) is 18.2 Å². The van der Waals surface area contributed by atoms with Crippen LogP contribution in [-0.4, -0.2) is 23.6 Å². The number of fused-ring (bicyclic) bond motifs is 2. The highest BCUT2D eigenvalue weighted by Crippen LogP contribution is 2.26. The lowest BCUT2D eigenvalue weighted by atomic mass is 10.1. The van der Waals surface area contributed by atoms with Crippen LogP contribution in [0.5, 0.6) is 5.75 Å². The van der Waals surface area contributed by atoms with Crippen molar-refractivity contribution in [3.8, 4) is 5.75 Å². The summed E-state index contributed by atoms with van der Waals surface area (Å²) in [5, 5.41) is 12.9. The number of amides is 1. The monoisotopic (exact) mass is 365 g/mol. The molecule has 138 valence electrons. The molecule has 6 heteroatoms. The van der Waals surface area contributed by atoms with E-state index in [1.54, 1.807) is 6.07 Å². The highest BCUT2D eigenvalue weighted by molar-refractivity contribution is 5.93. The van der Waals surface area contributed by atoms with Crippen LogP contribution in [0.4, 0.5) is 5.69 Å². The molecule has 0 unspecified atom stereocenters. The third-order valence-electron chi connectivity index (χ3n) is 4.72. The molecular formula is C21H19NO5. The summed E-state index contributed by atoms with van der Waals surface area (Å²) in [6, 6.07) is 10.6. The number of anilines is 1. The number of aryl methyl sites for hydroxylation is 2. The van der Waals surface area contributed by atoms with E-state index in [-0.39, 0.29) is 24.7 Å². The number of carbonyl (C=O) groups excluding carboxylic acids is 2. The molecule has 0 radical (unpaired) electrons. The maximum absolute atomic E-state index is 12.0. The second kappa shape index (κ2) is 7.15. The number of furan rings is 1. The van der Waals surface area contributed by atoms with Crippen molar-refractivity contribution in [2.75, 3.05) is 11.9 Å². The van der Waals surface area contributed by atoms with Crippen LogP contribution in [0, 0.1) is 0 Å². The Labute approximate surface area is 155 Å². The van der Waals surface area contributed by atoms with Crippen LogP contribution in [0.2, 0.25) is 0 Å². The summed E-state index contributed by atoms with van der Waals surface area (Å²) >= 11 is 0. The third kappa shape index (κ3) is 3.79. The number of phenols is 1. The van der Waals surface area contributed by atoms with Crippen LogP contribution in [-0.2, 0) is 33.6 Å². The van der Waals surface area contributed by atoms with Gasteiger partial charge in [-0.25, -0.2) is 0 Å². The average molecular weight is 365 g/mol. The lowest BCUT2D eigenvalue weighted by Crippen LogP contribution is -2.21. The van der Waals surface area contributed by atoms with Gasteiger partial charge in [0.2, 0.25) is 0 Å². The molecule has 1 heterocycles. The number of hydrogen-bond acceptors (Lipinski definition) is 5. The van der Waals surface area contributed by atoms with Crippen molar-refractivity contribution in [2.45, 2.75) is 25.7 Å². The molecule has 0 bridgehead atoms. The second-order valence-electron chi connectivity index (χ2n) is 6.66. The van der Waals surface area contributed by atoms with E-state index in [4.69, 9.17) is 9.15 Å². The van der Waals surface area contributed by atoms with E-state index in [0.717, 1.165) is 30.3 Å². The molecule has 2 aromatic carbocycles. The Morgan fingerprint density at radius 1 is 1.11 bits per heavy atom. The van der Waals surface area contributed by atoms with Crippen LogP contribution in [0.1, 0.15) is 23.1 Å². The van der Waals surface area contributed by atoms with Crippen LogP contribution in [0.3, 0.4) is 0 Å². The maximum Gasteiger partial charge on any atom is 0.310 e. The molecule has 1 aliphatic carbocycles.